The maximum atomic E-state index is 12.8. The first-order chi connectivity index (χ1) is 12.7. The summed E-state index contributed by atoms with van der Waals surface area (Å²) in [5, 5.41) is 0. The minimum atomic E-state index is -0.0800. The van der Waals surface area contributed by atoms with Gasteiger partial charge in [-0.1, -0.05) is 6.07 Å². The Bertz CT molecular complexity index is 814. The molecule has 134 valence electrons. The van der Waals surface area contributed by atoms with Crippen LogP contribution >= 0.6 is 0 Å². The number of fused-ring (bicyclic) bond motifs is 1. The molecular formula is C20H21N3O3. The average Bonchev–Trinajstić information content (AvgIpc) is 2.73. The number of hydrogen-bond donors (Lipinski definition) is 0. The van der Waals surface area contributed by atoms with Gasteiger partial charge in [-0.15, -0.1) is 0 Å². The lowest BCUT2D eigenvalue weighted by Gasteiger charge is -2.34. The van der Waals surface area contributed by atoms with Crippen molar-refractivity contribution in [3.63, 3.8) is 0 Å². The van der Waals surface area contributed by atoms with Crippen LogP contribution in [0, 0.1) is 0 Å². The molecule has 2 aromatic rings. The third-order valence-corrected chi connectivity index (χ3v) is 4.89. The zero-order valence-electron chi connectivity index (χ0n) is 14.6. The predicted molar refractivity (Wildman–Crippen MR) is 96.3 cm³/mol. The quantitative estimate of drug-likeness (QED) is 0.830. The molecule has 1 fully saturated rings. The topological polar surface area (TPSA) is 62.7 Å². The Balaban J connectivity index is 1.40. The van der Waals surface area contributed by atoms with E-state index in [0.717, 1.165) is 30.8 Å². The van der Waals surface area contributed by atoms with Crippen LogP contribution in [0.4, 0.5) is 0 Å². The average molecular weight is 351 g/mol. The summed E-state index contributed by atoms with van der Waals surface area (Å²) < 4.78 is 5.61. The van der Waals surface area contributed by atoms with Crippen molar-refractivity contribution in [1.82, 2.24) is 14.8 Å². The Morgan fingerprint density at radius 3 is 2.46 bits per heavy atom. The molecule has 2 aliphatic heterocycles. The maximum Gasteiger partial charge on any atom is 0.272 e. The summed E-state index contributed by atoms with van der Waals surface area (Å²) in [6, 6.07) is 11.0. The van der Waals surface area contributed by atoms with Gasteiger partial charge in [0.1, 0.15) is 11.4 Å². The first-order valence-corrected chi connectivity index (χ1v) is 8.98. The van der Waals surface area contributed by atoms with E-state index in [9.17, 15) is 9.59 Å². The molecule has 4 rings (SSSR count). The van der Waals surface area contributed by atoms with Gasteiger partial charge in [0.05, 0.1) is 6.61 Å². The number of aryl methyl sites for hydroxylation is 1. The fraction of sp³-hybridized carbons (Fsp3) is 0.350. The third kappa shape index (κ3) is 3.27. The lowest BCUT2D eigenvalue weighted by atomic mass is 10.0. The number of carbonyl (C=O) groups is 2. The van der Waals surface area contributed by atoms with E-state index in [4.69, 9.17) is 4.74 Å². The van der Waals surface area contributed by atoms with E-state index in [-0.39, 0.29) is 11.8 Å². The molecule has 26 heavy (non-hydrogen) atoms. The summed E-state index contributed by atoms with van der Waals surface area (Å²) in [5.41, 5.74) is 2.24. The van der Waals surface area contributed by atoms with Crippen LogP contribution in [-0.4, -0.2) is 59.4 Å². The van der Waals surface area contributed by atoms with Gasteiger partial charge in [-0.3, -0.25) is 14.6 Å². The van der Waals surface area contributed by atoms with Crippen molar-refractivity contribution in [2.24, 2.45) is 0 Å². The fourth-order valence-corrected chi connectivity index (χ4v) is 3.44. The number of benzene rings is 1. The zero-order chi connectivity index (χ0) is 17.9. The summed E-state index contributed by atoms with van der Waals surface area (Å²) in [5.74, 6) is 0.825. The standard InChI is InChI=1S/C20H21N3O3/c24-19(16-6-7-18-15(14-16)4-3-13-26-18)22-9-11-23(12-10-22)20(25)17-5-1-2-8-21-17/h1-2,5-8,14H,3-4,9-13H2. The van der Waals surface area contributed by atoms with E-state index in [1.54, 1.807) is 29.3 Å². The highest BCUT2D eigenvalue weighted by atomic mass is 16.5. The molecule has 0 bridgehead atoms. The van der Waals surface area contributed by atoms with Crippen molar-refractivity contribution in [2.75, 3.05) is 32.8 Å². The molecule has 6 heteroatoms. The molecule has 3 heterocycles. The molecule has 0 unspecified atom stereocenters. The number of pyridine rings is 1. The Labute approximate surface area is 152 Å². The molecule has 1 aromatic carbocycles. The van der Waals surface area contributed by atoms with Crippen molar-refractivity contribution < 1.29 is 14.3 Å². The second-order valence-corrected chi connectivity index (χ2v) is 6.57. The SMILES string of the molecule is O=C(c1ccc2c(c1)CCCO2)N1CCN(C(=O)c2ccccn2)CC1. The van der Waals surface area contributed by atoms with Crippen LogP contribution in [0.1, 0.15) is 32.8 Å². The van der Waals surface area contributed by atoms with Gasteiger partial charge in [0.25, 0.3) is 11.8 Å². The summed E-state index contributed by atoms with van der Waals surface area (Å²) >= 11 is 0. The third-order valence-electron chi connectivity index (χ3n) is 4.89. The lowest BCUT2D eigenvalue weighted by Crippen LogP contribution is -2.50. The van der Waals surface area contributed by atoms with Crippen molar-refractivity contribution in [1.29, 1.82) is 0 Å². The van der Waals surface area contributed by atoms with Crippen LogP contribution in [0.25, 0.3) is 0 Å². The zero-order valence-corrected chi connectivity index (χ0v) is 14.6. The summed E-state index contributed by atoms with van der Waals surface area (Å²) in [6.07, 6.45) is 3.55. The van der Waals surface area contributed by atoms with Gasteiger partial charge in [-0.25, -0.2) is 0 Å². The number of nitrogens with zero attached hydrogens (tertiary/aromatic N) is 3. The highest BCUT2D eigenvalue weighted by molar-refractivity contribution is 5.95. The van der Waals surface area contributed by atoms with E-state index in [1.807, 2.05) is 23.1 Å². The second-order valence-electron chi connectivity index (χ2n) is 6.57. The minimum absolute atomic E-state index is 0.0170. The molecule has 6 nitrogen and oxygen atoms in total. The number of rotatable bonds is 2. The number of piperazine rings is 1. The molecule has 0 spiro atoms. The Morgan fingerprint density at radius 1 is 0.962 bits per heavy atom. The van der Waals surface area contributed by atoms with Gasteiger partial charge in [0.15, 0.2) is 0 Å². The van der Waals surface area contributed by atoms with E-state index in [1.165, 1.54) is 0 Å². The van der Waals surface area contributed by atoms with Crippen LogP contribution in [0.3, 0.4) is 0 Å². The number of carbonyl (C=O) groups excluding carboxylic acids is 2. The van der Waals surface area contributed by atoms with Crippen molar-refractivity contribution in [2.45, 2.75) is 12.8 Å². The summed E-state index contributed by atoms with van der Waals surface area (Å²) in [7, 11) is 0. The molecule has 0 aliphatic carbocycles. The molecule has 0 saturated carbocycles. The predicted octanol–water partition coefficient (Wildman–Crippen LogP) is 2.00. The van der Waals surface area contributed by atoms with Crippen LogP contribution < -0.4 is 4.74 Å². The number of ether oxygens (including phenoxy) is 1. The highest BCUT2D eigenvalue weighted by Gasteiger charge is 2.26. The fourth-order valence-electron chi connectivity index (χ4n) is 3.44. The first-order valence-electron chi connectivity index (χ1n) is 8.98. The summed E-state index contributed by atoms with van der Waals surface area (Å²) in [6.45, 7) is 2.85. The van der Waals surface area contributed by atoms with E-state index in [0.29, 0.717) is 37.4 Å². The molecule has 0 radical (unpaired) electrons. The van der Waals surface area contributed by atoms with Crippen LogP contribution in [-0.2, 0) is 6.42 Å². The normalized spacial score (nSPS) is 16.6. The Hall–Kier alpha value is -2.89. The smallest absolute Gasteiger partial charge is 0.272 e. The lowest BCUT2D eigenvalue weighted by molar-refractivity contribution is 0.0532. The Kier molecular flexibility index (Phi) is 4.56. The van der Waals surface area contributed by atoms with Gasteiger partial charge in [0, 0.05) is 37.9 Å². The largest absolute Gasteiger partial charge is 0.493 e. The van der Waals surface area contributed by atoms with Crippen molar-refractivity contribution in [3.05, 3.63) is 59.4 Å². The van der Waals surface area contributed by atoms with Gasteiger partial charge in [-0.05, 0) is 48.7 Å². The van der Waals surface area contributed by atoms with Crippen LogP contribution in [0.5, 0.6) is 5.75 Å². The van der Waals surface area contributed by atoms with Gasteiger partial charge in [0.2, 0.25) is 0 Å². The van der Waals surface area contributed by atoms with Crippen molar-refractivity contribution in [3.8, 4) is 5.75 Å². The number of aromatic nitrogens is 1. The summed E-state index contributed by atoms with van der Waals surface area (Å²) in [4.78, 5) is 32.9. The molecule has 2 amide bonds. The van der Waals surface area contributed by atoms with Crippen molar-refractivity contribution >= 4 is 11.8 Å². The minimum Gasteiger partial charge on any atom is -0.493 e. The molecule has 2 aliphatic rings. The maximum absolute atomic E-state index is 12.8. The van der Waals surface area contributed by atoms with E-state index >= 15 is 0 Å². The van der Waals surface area contributed by atoms with Gasteiger partial charge in [-0.2, -0.15) is 0 Å². The molecule has 0 N–H and O–H groups in total. The van der Waals surface area contributed by atoms with Gasteiger partial charge < -0.3 is 14.5 Å². The Morgan fingerprint density at radius 2 is 1.73 bits per heavy atom. The number of hydrogen-bond acceptors (Lipinski definition) is 4. The van der Waals surface area contributed by atoms with E-state index in [2.05, 4.69) is 4.98 Å². The monoisotopic (exact) mass is 351 g/mol. The molecular weight excluding hydrogens is 330 g/mol. The highest BCUT2D eigenvalue weighted by Crippen LogP contribution is 2.26. The number of amides is 2. The van der Waals surface area contributed by atoms with Gasteiger partial charge >= 0.3 is 0 Å². The van der Waals surface area contributed by atoms with E-state index < -0.39 is 0 Å². The van der Waals surface area contributed by atoms with Crippen LogP contribution in [0.15, 0.2) is 42.6 Å². The second kappa shape index (κ2) is 7.15. The molecule has 0 atom stereocenters. The van der Waals surface area contributed by atoms with Crippen LogP contribution in [0.2, 0.25) is 0 Å². The molecule has 1 saturated heterocycles. The first kappa shape index (κ1) is 16.6. The molecule has 1 aromatic heterocycles.